The third-order valence-electron chi connectivity index (χ3n) is 4.35. The summed E-state index contributed by atoms with van der Waals surface area (Å²) in [4.78, 5) is 14.4. The van der Waals surface area contributed by atoms with E-state index in [1.165, 1.54) is 16.5 Å². The molecule has 0 bridgehead atoms. The molecule has 3 aromatic rings. The molecule has 1 aliphatic heterocycles. The summed E-state index contributed by atoms with van der Waals surface area (Å²) < 4.78 is 0.965. The van der Waals surface area contributed by atoms with Gasteiger partial charge in [0.2, 0.25) is 0 Å². The highest BCUT2D eigenvalue weighted by Crippen LogP contribution is 2.29. The van der Waals surface area contributed by atoms with Crippen molar-refractivity contribution < 1.29 is 0 Å². The van der Waals surface area contributed by atoms with Gasteiger partial charge in [0.05, 0.1) is 10.7 Å². The number of hydrogen-bond acceptors (Lipinski definition) is 3. The number of fused-ring (bicyclic) bond motifs is 1. The first-order chi connectivity index (χ1) is 11.7. The van der Waals surface area contributed by atoms with Crippen LogP contribution in [0, 0.1) is 0 Å². The number of aromatic nitrogens is 3. The van der Waals surface area contributed by atoms with Crippen molar-refractivity contribution in [1.82, 2.24) is 19.9 Å². The molecule has 1 N–H and O–H groups in total. The molecule has 24 heavy (non-hydrogen) atoms. The Hall–Kier alpha value is -1.69. The van der Waals surface area contributed by atoms with E-state index in [0.29, 0.717) is 5.02 Å². The topological polar surface area (TPSA) is 44.8 Å². The molecule has 0 saturated heterocycles. The number of nitrogens with zero attached hydrogens (tertiary/aromatic N) is 3. The van der Waals surface area contributed by atoms with Crippen LogP contribution in [0.2, 0.25) is 5.02 Å². The normalized spacial score (nSPS) is 15.7. The van der Waals surface area contributed by atoms with E-state index in [2.05, 4.69) is 54.1 Å². The molecule has 0 fully saturated rings. The second-order valence-electron chi connectivity index (χ2n) is 5.90. The molecule has 0 spiro atoms. The summed E-state index contributed by atoms with van der Waals surface area (Å²) in [6.45, 7) is 2.74. The first kappa shape index (κ1) is 15.8. The zero-order valence-electron chi connectivity index (χ0n) is 13.0. The van der Waals surface area contributed by atoms with Crippen LogP contribution < -0.4 is 0 Å². The van der Waals surface area contributed by atoms with E-state index in [1.54, 1.807) is 6.20 Å². The lowest BCUT2D eigenvalue weighted by molar-refractivity contribution is 0.290. The predicted molar refractivity (Wildman–Crippen MR) is 101 cm³/mol. The van der Waals surface area contributed by atoms with Crippen molar-refractivity contribution in [3.63, 3.8) is 0 Å². The van der Waals surface area contributed by atoms with Crippen LogP contribution in [0.4, 0.5) is 0 Å². The van der Waals surface area contributed by atoms with Crippen LogP contribution in [0.1, 0.15) is 17.7 Å². The van der Waals surface area contributed by atoms with E-state index in [1.807, 2.05) is 18.3 Å². The molecule has 0 radical (unpaired) electrons. The van der Waals surface area contributed by atoms with Crippen LogP contribution >= 0.6 is 27.5 Å². The van der Waals surface area contributed by atoms with Gasteiger partial charge < -0.3 is 4.98 Å². The molecule has 0 amide bonds. The molecule has 4 nitrogen and oxygen atoms in total. The Morgan fingerprint density at radius 2 is 2.25 bits per heavy atom. The minimum atomic E-state index is 0.652. The Kier molecular flexibility index (Phi) is 4.39. The van der Waals surface area contributed by atoms with Gasteiger partial charge >= 0.3 is 0 Å². The molecular formula is C18H16BrClN4. The fourth-order valence-electron chi connectivity index (χ4n) is 3.09. The van der Waals surface area contributed by atoms with Crippen LogP contribution in [-0.2, 0) is 6.54 Å². The van der Waals surface area contributed by atoms with E-state index in [4.69, 9.17) is 11.6 Å². The van der Waals surface area contributed by atoms with Crippen LogP contribution in [-0.4, -0.2) is 32.9 Å². The number of nitrogens with one attached hydrogen (secondary N) is 1. The SMILES string of the molecule is Clc1cnc(CN2CC=C(c3c[nH]c4ncccc34)CC2)c(Br)c1. The molecule has 0 saturated carbocycles. The van der Waals surface area contributed by atoms with Gasteiger partial charge in [-0.05, 0) is 46.1 Å². The van der Waals surface area contributed by atoms with Crippen molar-refractivity contribution in [2.75, 3.05) is 13.1 Å². The Bertz CT molecular complexity index is 918. The van der Waals surface area contributed by atoms with Gasteiger partial charge in [-0.15, -0.1) is 0 Å². The number of hydrogen-bond donors (Lipinski definition) is 1. The van der Waals surface area contributed by atoms with Crippen LogP contribution in [0.15, 0.2) is 47.3 Å². The molecule has 0 unspecified atom stereocenters. The van der Waals surface area contributed by atoms with Crippen LogP contribution in [0.5, 0.6) is 0 Å². The molecule has 4 heterocycles. The smallest absolute Gasteiger partial charge is 0.137 e. The molecule has 122 valence electrons. The summed E-state index contributed by atoms with van der Waals surface area (Å²) in [5.41, 5.74) is 4.62. The van der Waals surface area contributed by atoms with Crippen molar-refractivity contribution in [3.8, 4) is 0 Å². The van der Waals surface area contributed by atoms with E-state index in [9.17, 15) is 0 Å². The highest BCUT2D eigenvalue weighted by atomic mass is 79.9. The third kappa shape index (κ3) is 3.11. The Morgan fingerprint density at radius 1 is 1.33 bits per heavy atom. The number of rotatable bonds is 3. The van der Waals surface area contributed by atoms with Gasteiger partial charge in [0, 0.05) is 53.6 Å². The van der Waals surface area contributed by atoms with Gasteiger partial charge in [0.25, 0.3) is 0 Å². The Balaban J connectivity index is 1.51. The lowest BCUT2D eigenvalue weighted by atomic mass is 9.99. The Morgan fingerprint density at radius 3 is 3.04 bits per heavy atom. The van der Waals surface area contributed by atoms with Crippen molar-refractivity contribution in [2.24, 2.45) is 0 Å². The standard InChI is InChI=1S/C18H16BrClN4/c19-16-8-13(20)9-22-17(16)11-24-6-3-12(4-7-24)15-10-23-18-14(15)2-1-5-21-18/h1-3,5,8-10H,4,6-7,11H2,(H,21,23). The average Bonchev–Trinajstić information content (AvgIpc) is 3.02. The zero-order chi connectivity index (χ0) is 16.5. The molecule has 0 atom stereocenters. The molecule has 4 rings (SSSR count). The van der Waals surface area contributed by atoms with Gasteiger partial charge in [-0.1, -0.05) is 17.7 Å². The maximum Gasteiger partial charge on any atom is 0.137 e. The largest absolute Gasteiger partial charge is 0.346 e. The second kappa shape index (κ2) is 6.67. The quantitative estimate of drug-likeness (QED) is 0.691. The lowest BCUT2D eigenvalue weighted by Crippen LogP contribution is -2.28. The summed E-state index contributed by atoms with van der Waals surface area (Å²) in [5.74, 6) is 0. The zero-order valence-corrected chi connectivity index (χ0v) is 15.3. The molecule has 3 aromatic heterocycles. The minimum Gasteiger partial charge on any atom is -0.346 e. The summed E-state index contributed by atoms with van der Waals surface area (Å²) >= 11 is 9.50. The number of pyridine rings is 2. The minimum absolute atomic E-state index is 0.652. The number of aromatic amines is 1. The maximum absolute atomic E-state index is 5.96. The van der Waals surface area contributed by atoms with Crippen molar-refractivity contribution in [1.29, 1.82) is 0 Å². The van der Waals surface area contributed by atoms with Crippen LogP contribution in [0.25, 0.3) is 16.6 Å². The average molecular weight is 404 g/mol. The van der Waals surface area contributed by atoms with Gasteiger partial charge in [-0.3, -0.25) is 9.88 Å². The number of halogens is 2. The van der Waals surface area contributed by atoms with Gasteiger partial charge in [-0.25, -0.2) is 4.98 Å². The summed E-state index contributed by atoms with van der Waals surface area (Å²) in [7, 11) is 0. The molecule has 1 aliphatic rings. The molecule has 6 heteroatoms. The summed E-state index contributed by atoms with van der Waals surface area (Å²) in [5, 5.41) is 1.85. The molecular weight excluding hydrogens is 388 g/mol. The monoisotopic (exact) mass is 402 g/mol. The fourth-order valence-corrected chi connectivity index (χ4v) is 3.86. The van der Waals surface area contributed by atoms with E-state index >= 15 is 0 Å². The van der Waals surface area contributed by atoms with E-state index < -0.39 is 0 Å². The molecule has 0 aromatic carbocycles. The summed E-state index contributed by atoms with van der Waals surface area (Å²) in [6.07, 6.45) is 8.91. The van der Waals surface area contributed by atoms with Crippen molar-refractivity contribution in [2.45, 2.75) is 13.0 Å². The van der Waals surface area contributed by atoms with Crippen molar-refractivity contribution >= 4 is 44.1 Å². The summed E-state index contributed by atoms with van der Waals surface area (Å²) in [6, 6.07) is 6.00. The highest BCUT2D eigenvalue weighted by Gasteiger charge is 2.17. The van der Waals surface area contributed by atoms with Crippen LogP contribution in [0.3, 0.4) is 0 Å². The highest BCUT2D eigenvalue weighted by molar-refractivity contribution is 9.10. The van der Waals surface area contributed by atoms with Gasteiger partial charge in [0.15, 0.2) is 0 Å². The van der Waals surface area contributed by atoms with Gasteiger partial charge in [-0.2, -0.15) is 0 Å². The first-order valence-corrected chi connectivity index (χ1v) is 9.01. The van der Waals surface area contributed by atoms with Gasteiger partial charge in [0.1, 0.15) is 5.65 Å². The third-order valence-corrected chi connectivity index (χ3v) is 5.24. The Labute approximate surface area is 153 Å². The predicted octanol–water partition coefficient (Wildman–Crippen LogP) is 4.66. The lowest BCUT2D eigenvalue weighted by Gasteiger charge is -2.26. The maximum atomic E-state index is 5.96. The van der Waals surface area contributed by atoms with E-state index in [-0.39, 0.29) is 0 Å². The first-order valence-electron chi connectivity index (χ1n) is 7.84. The number of H-pyrrole nitrogens is 1. The van der Waals surface area contributed by atoms with E-state index in [0.717, 1.165) is 41.9 Å². The van der Waals surface area contributed by atoms with Crippen molar-refractivity contribution in [3.05, 3.63) is 63.6 Å². The fraction of sp³-hybridized carbons (Fsp3) is 0.222. The molecule has 0 aliphatic carbocycles. The second-order valence-corrected chi connectivity index (χ2v) is 7.19.